The number of rotatable bonds is 2. The van der Waals surface area contributed by atoms with Crippen LogP contribution in [0.2, 0.25) is 0 Å². The molecule has 0 heterocycles. The summed E-state index contributed by atoms with van der Waals surface area (Å²) in [6.45, 7) is 3.60. The van der Waals surface area contributed by atoms with Crippen molar-refractivity contribution in [2.45, 2.75) is 26.2 Å². The highest BCUT2D eigenvalue weighted by Crippen LogP contribution is 2.62. The molecule has 2 aliphatic carbocycles. The van der Waals surface area contributed by atoms with E-state index < -0.39 is 17.8 Å². The van der Waals surface area contributed by atoms with Crippen molar-refractivity contribution in [2.75, 3.05) is 0 Å². The molecule has 0 unspecified atom stereocenters. The number of allylic oxidation sites excluding steroid dienone is 2. The number of carboxylic acid groups (broad SMARTS) is 1. The van der Waals surface area contributed by atoms with Gasteiger partial charge in [-0.1, -0.05) is 19.9 Å². The van der Waals surface area contributed by atoms with E-state index in [0.717, 1.165) is 0 Å². The van der Waals surface area contributed by atoms with E-state index in [1.54, 1.807) is 13.8 Å². The lowest BCUT2D eigenvalue weighted by Gasteiger charge is -1.96. The number of hydrogen-bond donors (Lipinski definition) is 1. The predicted octanol–water partition coefficient (Wildman–Crippen LogP) is 2.31. The van der Waals surface area contributed by atoms with Crippen molar-refractivity contribution in [3.8, 4) is 0 Å². The topological polar surface area (TPSA) is 37.3 Å². The van der Waals surface area contributed by atoms with Crippen LogP contribution in [0.4, 0.5) is 8.78 Å². The lowest BCUT2D eigenvalue weighted by atomic mass is 10.1. The maximum absolute atomic E-state index is 12.5. The Bertz CT molecular complexity index is 331. The zero-order chi connectivity index (χ0) is 10.7. The van der Waals surface area contributed by atoms with Crippen molar-refractivity contribution in [3.05, 3.63) is 11.6 Å². The number of halogens is 2. The fourth-order valence-electron chi connectivity index (χ4n) is 2.05. The van der Waals surface area contributed by atoms with Gasteiger partial charge < -0.3 is 5.11 Å². The molecule has 1 N–H and O–H groups in total. The lowest BCUT2D eigenvalue weighted by molar-refractivity contribution is -0.139. The van der Waals surface area contributed by atoms with Gasteiger partial charge in [-0.3, -0.25) is 4.79 Å². The summed E-state index contributed by atoms with van der Waals surface area (Å²) in [7, 11) is 0. The van der Waals surface area contributed by atoms with Crippen molar-refractivity contribution in [2.24, 2.45) is 17.3 Å². The molecule has 0 saturated heterocycles. The lowest BCUT2D eigenvalue weighted by Crippen LogP contribution is -2.03. The standard InChI is InChI=1S/C10H12F2O2/c1-9(2)6(7(9)8(13)14)3-5-4-10(5,11)12/h3,6-7H,4H2,1-2H3,(H,13,14)/t6-,7-/m0/s1. The highest BCUT2D eigenvalue weighted by atomic mass is 19.3. The SMILES string of the molecule is CC1(C)[C@H](C(=O)O)[C@@H]1C=C1CC1(F)F. The molecule has 0 aromatic rings. The monoisotopic (exact) mass is 202 g/mol. The van der Waals surface area contributed by atoms with Gasteiger partial charge in [0, 0.05) is 12.0 Å². The largest absolute Gasteiger partial charge is 0.481 e. The van der Waals surface area contributed by atoms with Gasteiger partial charge in [-0.2, -0.15) is 0 Å². The van der Waals surface area contributed by atoms with E-state index in [4.69, 9.17) is 5.11 Å². The van der Waals surface area contributed by atoms with E-state index in [1.807, 2.05) is 0 Å². The number of hydrogen-bond acceptors (Lipinski definition) is 1. The first kappa shape index (κ1) is 9.62. The summed E-state index contributed by atoms with van der Waals surface area (Å²) in [5.74, 6) is -4.25. The third kappa shape index (κ3) is 1.24. The second-order valence-corrected chi connectivity index (χ2v) is 4.74. The van der Waals surface area contributed by atoms with Gasteiger partial charge in [0.25, 0.3) is 5.92 Å². The molecule has 14 heavy (non-hydrogen) atoms. The second-order valence-electron chi connectivity index (χ2n) is 4.74. The minimum atomic E-state index is -2.65. The fraction of sp³-hybridized carbons (Fsp3) is 0.700. The van der Waals surface area contributed by atoms with Gasteiger partial charge in [0.05, 0.1) is 5.92 Å². The third-order valence-electron chi connectivity index (χ3n) is 3.31. The Morgan fingerprint density at radius 2 is 2.07 bits per heavy atom. The highest BCUT2D eigenvalue weighted by molar-refractivity contribution is 5.76. The Kier molecular flexibility index (Phi) is 1.62. The Balaban J connectivity index is 2.10. The van der Waals surface area contributed by atoms with Crippen LogP contribution in [0, 0.1) is 17.3 Å². The van der Waals surface area contributed by atoms with E-state index in [9.17, 15) is 13.6 Å². The average Bonchev–Trinajstić information content (AvgIpc) is 2.72. The molecule has 2 nitrogen and oxygen atoms in total. The van der Waals surface area contributed by atoms with Crippen LogP contribution in [0.3, 0.4) is 0 Å². The number of aliphatic carboxylic acids is 1. The van der Waals surface area contributed by atoms with E-state index in [0.29, 0.717) is 0 Å². The summed E-state index contributed by atoms with van der Waals surface area (Å²) < 4.78 is 25.1. The van der Waals surface area contributed by atoms with Gasteiger partial charge >= 0.3 is 5.97 Å². The van der Waals surface area contributed by atoms with Crippen molar-refractivity contribution < 1.29 is 18.7 Å². The van der Waals surface area contributed by atoms with E-state index >= 15 is 0 Å². The van der Waals surface area contributed by atoms with Gasteiger partial charge in [0.15, 0.2) is 0 Å². The molecular formula is C10H12F2O2. The quantitative estimate of drug-likeness (QED) is 0.697. The summed E-state index contributed by atoms with van der Waals surface area (Å²) in [6, 6.07) is 0. The molecule has 2 aliphatic rings. The zero-order valence-electron chi connectivity index (χ0n) is 8.05. The van der Waals surface area contributed by atoms with Crippen molar-refractivity contribution in [1.29, 1.82) is 0 Å². The van der Waals surface area contributed by atoms with Gasteiger partial charge in [-0.05, 0) is 11.3 Å². The van der Waals surface area contributed by atoms with Crippen LogP contribution in [0.15, 0.2) is 11.6 Å². The van der Waals surface area contributed by atoms with Gasteiger partial charge in [0.1, 0.15) is 0 Å². The van der Waals surface area contributed by atoms with Crippen LogP contribution in [0.1, 0.15) is 20.3 Å². The molecule has 2 saturated carbocycles. The molecular weight excluding hydrogens is 190 g/mol. The molecule has 2 rings (SSSR count). The number of carboxylic acids is 1. The first-order valence-corrected chi connectivity index (χ1v) is 4.58. The van der Waals surface area contributed by atoms with E-state index in [2.05, 4.69) is 0 Å². The molecule has 0 amide bonds. The molecule has 4 heteroatoms. The first-order chi connectivity index (χ1) is 6.27. The molecule has 2 fully saturated rings. The van der Waals surface area contributed by atoms with Gasteiger partial charge in [0.2, 0.25) is 0 Å². The number of alkyl halides is 2. The van der Waals surface area contributed by atoms with Crippen molar-refractivity contribution in [3.63, 3.8) is 0 Å². The van der Waals surface area contributed by atoms with E-state index in [-0.39, 0.29) is 23.3 Å². The third-order valence-corrected chi connectivity index (χ3v) is 3.31. The molecule has 78 valence electrons. The maximum atomic E-state index is 12.5. The Hall–Kier alpha value is -0.930. The van der Waals surface area contributed by atoms with Crippen molar-refractivity contribution in [1.82, 2.24) is 0 Å². The molecule has 0 bridgehead atoms. The smallest absolute Gasteiger partial charge is 0.307 e. The second kappa shape index (κ2) is 2.35. The fourth-order valence-corrected chi connectivity index (χ4v) is 2.05. The highest BCUT2D eigenvalue weighted by Gasteiger charge is 2.63. The first-order valence-electron chi connectivity index (χ1n) is 4.58. The maximum Gasteiger partial charge on any atom is 0.307 e. The molecule has 0 radical (unpaired) electrons. The average molecular weight is 202 g/mol. The Morgan fingerprint density at radius 1 is 1.57 bits per heavy atom. The molecule has 0 spiro atoms. The van der Waals surface area contributed by atoms with Crippen LogP contribution in [0.25, 0.3) is 0 Å². The molecule has 2 atom stereocenters. The Labute approximate surface area is 80.6 Å². The summed E-state index contributed by atoms with van der Waals surface area (Å²) in [5, 5.41) is 8.81. The van der Waals surface area contributed by atoms with Crippen LogP contribution in [-0.2, 0) is 4.79 Å². The van der Waals surface area contributed by atoms with Crippen LogP contribution < -0.4 is 0 Å². The molecule has 0 aromatic carbocycles. The summed E-state index contributed by atoms with van der Waals surface area (Å²) in [6.07, 6.45) is 1.27. The summed E-state index contributed by atoms with van der Waals surface area (Å²) in [4.78, 5) is 10.7. The minimum absolute atomic E-state index is 0.110. The predicted molar refractivity (Wildman–Crippen MR) is 46.0 cm³/mol. The van der Waals surface area contributed by atoms with Gasteiger partial charge in [-0.25, -0.2) is 8.78 Å². The van der Waals surface area contributed by atoms with Crippen LogP contribution in [-0.4, -0.2) is 17.0 Å². The molecule has 0 aliphatic heterocycles. The Morgan fingerprint density at radius 3 is 2.36 bits per heavy atom. The number of carbonyl (C=O) groups is 1. The summed E-state index contributed by atoms with van der Waals surface area (Å²) in [5.41, 5.74) is -0.253. The van der Waals surface area contributed by atoms with Crippen molar-refractivity contribution >= 4 is 5.97 Å². The minimum Gasteiger partial charge on any atom is -0.481 e. The van der Waals surface area contributed by atoms with Crippen LogP contribution >= 0.6 is 0 Å². The van der Waals surface area contributed by atoms with Gasteiger partial charge in [-0.15, -0.1) is 0 Å². The summed E-state index contributed by atoms with van der Waals surface area (Å²) >= 11 is 0. The van der Waals surface area contributed by atoms with E-state index in [1.165, 1.54) is 6.08 Å². The normalized spacial score (nSPS) is 39.6. The molecule has 0 aromatic heterocycles. The zero-order valence-corrected chi connectivity index (χ0v) is 8.05. The van der Waals surface area contributed by atoms with Crippen LogP contribution in [0.5, 0.6) is 0 Å².